The van der Waals surface area contributed by atoms with Gasteiger partial charge in [-0.3, -0.25) is 0 Å². The molecule has 0 aliphatic carbocycles. The lowest BCUT2D eigenvalue weighted by atomic mass is 9.90. The zero-order valence-electron chi connectivity index (χ0n) is 29.3. The number of hydrogen-bond acceptors (Lipinski definition) is 4. The lowest BCUT2D eigenvalue weighted by Gasteiger charge is -2.17. The van der Waals surface area contributed by atoms with Crippen molar-refractivity contribution in [1.29, 1.82) is 0 Å². The molecule has 0 N–H and O–H groups in total. The second-order valence-corrected chi connectivity index (χ2v) is 13.4. The molecule has 0 fully saturated rings. The Labute approximate surface area is 313 Å². The van der Waals surface area contributed by atoms with Gasteiger partial charge in [0.1, 0.15) is 0 Å². The quantitative estimate of drug-likeness (QED) is 0.163. The van der Waals surface area contributed by atoms with Crippen LogP contribution in [0.25, 0.3) is 100 Å². The second kappa shape index (κ2) is 13.4. The molecule has 2 heterocycles. The summed E-state index contributed by atoms with van der Waals surface area (Å²) < 4.78 is 0. The third-order valence-corrected chi connectivity index (χ3v) is 10.1. The van der Waals surface area contributed by atoms with Gasteiger partial charge in [-0.1, -0.05) is 194 Å². The summed E-state index contributed by atoms with van der Waals surface area (Å²) in [5.41, 5.74) is 10.4. The number of para-hydroxylation sites is 1. The third kappa shape index (κ3) is 5.58. The second-order valence-electron chi connectivity index (χ2n) is 13.4. The van der Waals surface area contributed by atoms with E-state index in [-0.39, 0.29) is 0 Å². The fraction of sp³-hybridized carbons (Fsp3) is 0. The highest BCUT2D eigenvalue weighted by molar-refractivity contribution is 6.20. The summed E-state index contributed by atoms with van der Waals surface area (Å²) >= 11 is 0. The molecule has 10 aromatic rings. The van der Waals surface area contributed by atoms with Crippen molar-refractivity contribution in [2.24, 2.45) is 0 Å². The Kier molecular flexibility index (Phi) is 7.77. The van der Waals surface area contributed by atoms with Gasteiger partial charge < -0.3 is 0 Å². The van der Waals surface area contributed by atoms with E-state index in [9.17, 15) is 0 Å². The van der Waals surface area contributed by atoms with Crippen LogP contribution < -0.4 is 0 Å². The van der Waals surface area contributed by atoms with E-state index >= 15 is 0 Å². The van der Waals surface area contributed by atoms with Gasteiger partial charge in [0.15, 0.2) is 17.5 Å². The molecule has 0 amide bonds. The van der Waals surface area contributed by atoms with Gasteiger partial charge in [0.2, 0.25) is 0 Å². The van der Waals surface area contributed by atoms with Gasteiger partial charge in [0, 0.05) is 44.0 Å². The third-order valence-electron chi connectivity index (χ3n) is 10.1. The average molecular weight is 689 g/mol. The van der Waals surface area contributed by atoms with Crippen molar-refractivity contribution >= 4 is 32.4 Å². The highest BCUT2D eigenvalue weighted by atomic mass is 15.0. The summed E-state index contributed by atoms with van der Waals surface area (Å²) in [5.74, 6) is 1.91. The summed E-state index contributed by atoms with van der Waals surface area (Å²) in [5, 5.41) is 5.82. The van der Waals surface area contributed by atoms with Gasteiger partial charge >= 0.3 is 0 Å². The minimum Gasteiger partial charge on any atom is -0.246 e. The molecule has 0 atom stereocenters. The van der Waals surface area contributed by atoms with E-state index in [4.69, 9.17) is 19.9 Å². The van der Waals surface area contributed by atoms with Crippen LogP contribution in [0.3, 0.4) is 0 Å². The highest BCUT2D eigenvalue weighted by Crippen LogP contribution is 2.42. The first-order valence-electron chi connectivity index (χ1n) is 18.2. The van der Waals surface area contributed by atoms with Crippen LogP contribution in [-0.2, 0) is 0 Å². The average Bonchev–Trinajstić information content (AvgIpc) is 3.26. The standard InChI is InChI=1S/C50H32N4/c1-4-15-34(16-5-1)40-24-13-27-44-45(40)43-28-14-25-41(46(43)51-47(44)42-26-12-22-33-17-10-11-23-39(33)42)35-29-31-38(32-30-35)50-53-48(36-18-6-2-7-19-36)52-49(54-50)37-20-8-3-9-21-37/h1-32H. The molecule has 252 valence electrons. The van der Waals surface area contributed by atoms with Gasteiger partial charge in [0.05, 0.1) is 11.2 Å². The minimum atomic E-state index is 0.627. The highest BCUT2D eigenvalue weighted by Gasteiger charge is 2.19. The molecule has 8 aromatic carbocycles. The first-order chi connectivity index (χ1) is 26.8. The molecule has 0 radical (unpaired) electrons. The van der Waals surface area contributed by atoms with Gasteiger partial charge in [0.25, 0.3) is 0 Å². The maximum absolute atomic E-state index is 5.57. The Hall–Kier alpha value is -7.30. The molecule has 10 rings (SSSR count). The van der Waals surface area contributed by atoms with Crippen LogP contribution in [0.1, 0.15) is 0 Å². The van der Waals surface area contributed by atoms with E-state index in [1.807, 2.05) is 60.7 Å². The Morgan fingerprint density at radius 2 is 0.685 bits per heavy atom. The van der Waals surface area contributed by atoms with E-state index in [1.54, 1.807) is 0 Å². The van der Waals surface area contributed by atoms with Crippen molar-refractivity contribution in [2.45, 2.75) is 0 Å². The van der Waals surface area contributed by atoms with Crippen molar-refractivity contribution in [3.63, 3.8) is 0 Å². The SMILES string of the molecule is c1ccc(-c2nc(-c3ccccc3)nc(-c3ccc(-c4cccc5c4nc(-c4cccc6ccccc46)c4cccc(-c6ccccc6)c45)cc3)n2)cc1. The number of hydrogen-bond donors (Lipinski definition) is 0. The molecular weight excluding hydrogens is 657 g/mol. The molecule has 4 nitrogen and oxygen atoms in total. The molecule has 0 spiro atoms. The largest absolute Gasteiger partial charge is 0.246 e. The monoisotopic (exact) mass is 688 g/mol. The zero-order valence-corrected chi connectivity index (χ0v) is 29.3. The molecule has 0 saturated heterocycles. The van der Waals surface area contributed by atoms with Gasteiger partial charge in [-0.25, -0.2) is 19.9 Å². The van der Waals surface area contributed by atoms with Crippen molar-refractivity contribution < 1.29 is 0 Å². The van der Waals surface area contributed by atoms with E-state index in [2.05, 4.69) is 133 Å². The molecule has 0 bridgehead atoms. The summed E-state index contributed by atoms with van der Waals surface area (Å²) in [7, 11) is 0. The summed E-state index contributed by atoms with van der Waals surface area (Å²) in [6.45, 7) is 0. The Balaban J connectivity index is 1.17. The first-order valence-corrected chi connectivity index (χ1v) is 18.2. The van der Waals surface area contributed by atoms with Crippen LogP contribution in [0.4, 0.5) is 0 Å². The van der Waals surface area contributed by atoms with Crippen molar-refractivity contribution in [3.05, 3.63) is 194 Å². The van der Waals surface area contributed by atoms with E-state index in [0.29, 0.717) is 17.5 Å². The summed E-state index contributed by atoms with van der Waals surface area (Å²) in [6, 6.07) is 67.5. The molecule has 2 aromatic heterocycles. The summed E-state index contributed by atoms with van der Waals surface area (Å²) in [4.78, 5) is 20.4. The van der Waals surface area contributed by atoms with E-state index < -0.39 is 0 Å². The topological polar surface area (TPSA) is 51.6 Å². The van der Waals surface area contributed by atoms with Crippen molar-refractivity contribution in [1.82, 2.24) is 19.9 Å². The normalized spacial score (nSPS) is 11.3. The lowest BCUT2D eigenvalue weighted by molar-refractivity contribution is 1.07. The predicted molar refractivity (Wildman–Crippen MR) is 223 cm³/mol. The number of benzene rings is 8. The molecule has 4 heteroatoms. The van der Waals surface area contributed by atoms with Crippen molar-refractivity contribution in [3.8, 4) is 67.7 Å². The molecule has 0 aliphatic rings. The van der Waals surface area contributed by atoms with Gasteiger partial charge in [-0.2, -0.15) is 0 Å². The maximum atomic E-state index is 5.57. The Bertz CT molecular complexity index is 2900. The maximum Gasteiger partial charge on any atom is 0.164 e. The minimum absolute atomic E-state index is 0.627. The predicted octanol–water partition coefficient (Wildman–Crippen LogP) is 12.7. The number of rotatable bonds is 6. The van der Waals surface area contributed by atoms with Crippen LogP contribution in [0, 0.1) is 0 Å². The number of nitrogens with zero attached hydrogens (tertiary/aromatic N) is 4. The van der Waals surface area contributed by atoms with Crippen LogP contribution in [0.15, 0.2) is 194 Å². The molecule has 54 heavy (non-hydrogen) atoms. The van der Waals surface area contributed by atoms with Gasteiger partial charge in [-0.05, 0) is 27.5 Å². The molecule has 0 unspecified atom stereocenters. The number of fused-ring (bicyclic) bond motifs is 4. The van der Waals surface area contributed by atoms with E-state index in [0.717, 1.165) is 55.4 Å². The fourth-order valence-corrected chi connectivity index (χ4v) is 7.54. The smallest absolute Gasteiger partial charge is 0.164 e. The molecule has 0 aliphatic heterocycles. The van der Waals surface area contributed by atoms with Crippen LogP contribution in [0.5, 0.6) is 0 Å². The Morgan fingerprint density at radius 3 is 1.33 bits per heavy atom. The molecular formula is C50H32N4. The Morgan fingerprint density at radius 1 is 0.259 bits per heavy atom. The fourth-order valence-electron chi connectivity index (χ4n) is 7.54. The lowest BCUT2D eigenvalue weighted by Crippen LogP contribution is -2.00. The van der Waals surface area contributed by atoms with E-state index in [1.165, 1.54) is 27.3 Å². The van der Waals surface area contributed by atoms with Crippen LogP contribution in [0.2, 0.25) is 0 Å². The summed E-state index contributed by atoms with van der Waals surface area (Å²) in [6.07, 6.45) is 0. The first kappa shape index (κ1) is 31.4. The van der Waals surface area contributed by atoms with Crippen molar-refractivity contribution in [2.75, 3.05) is 0 Å². The van der Waals surface area contributed by atoms with Gasteiger partial charge in [-0.15, -0.1) is 0 Å². The van der Waals surface area contributed by atoms with Crippen LogP contribution in [-0.4, -0.2) is 19.9 Å². The zero-order chi connectivity index (χ0) is 35.8. The van der Waals surface area contributed by atoms with Crippen LogP contribution >= 0.6 is 0 Å². The number of aromatic nitrogens is 4. The molecule has 0 saturated carbocycles. The number of pyridine rings is 1.